The molecule has 0 spiro atoms. The van der Waals surface area contributed by atoms with Gasteiger partial charge in [-0.05, 0) is 42.3 Å². The Labute approximate surface area is 126 Å². The van der Waals surface area contributed by atoms with Crippen molar-refractivity contribution in [2.45, 2.75) is 12.5 Å². The first-order chi connectivity index (χ1) is 8.97. The van der Waals surface area contributed by atoms with Crippen LogP contribution in [0.4, 0.5) is 4.39 Å². The largest absolute Gasteiger partial charge is 0.324 e. The highest BCUT2D eigenvalue weighted by molar-refractivity contribution is 6.33. The van der Waals surface area contributed by atoms with E-state index in [0.29, 0.717) is 27.1 Å². The van der Waals surface area contributed by atoms with Crippen LogP contribution in [-0.4, -0.2) is 0 Å². The summed E-state index contributed by atoms with van der Waals surface area (Å²) in [5.41, 5.74) is 7.20. The molecule has 0 amide bonds. The third-order valence-corrected chi connectivity index (χ3v) is 3.65. The molecule has 0 aliphatic heterocycles. The Morgan fingerprint density at radius 2 is 1.63 bits per heavy atom. The summed E-state index contributed by atoms with van der Waals surface area (Å²) in [6, 6.07) is 9.06. The van der Waals surface area contributed by atoms with E-state index in [9.17, 15) is 4.39 Å². The number of rotatable bonds is 3. The molecule has 0 bridgehead atoms. The van der Waals surface area contributed by atoms with Gasteiger partial charge in [0.2, 0.25) is 0 Å². The molecule has 2 aromatic carbocycles. The Hall–Kier alpha value is -0.800. The van der Waals surface area contributed by atoms with E-state index in [1.165, 1.54) is 6.07 Å². The Balaban J connectivity index is 2.25. The number of benzene rings is 2. The van der Waals surface area contributed by atoms with E-state index >= 15 is 0 Å². The van der Waals surface area contributed by atoms with Gasteiger partial charge in [0.05, 0.1) is 0 Å². The molecule has 0 heterocycles. The van der Waals surface area contributed by atoms with Crippen molar-refractivity contribution >= 4 is 34.8 Å². The zero-order valence-corrected chi connectivity index (χ0v) is 12.1. The number of hydrogen-bond donors (Lipinski definition) is 1. The first-order valence-corrected chi connectivity index (χ1v) is 6.75. The lowest BCUT2D eigenvalue weighted by Crippen LogP contribution is -2.15. The highest BCUT2D eigenvalue weighted by Crippen LogP contribution is 2.27. The summed E-state index contributed by atoms with van der Waals surface area (Å²) in [5, 5.41) is 1.48. The maximum Gasteiger partial charge on any atom is 0.129 e. The minimum Gasteiger partial charge on any atom is -0.324 e. The van der Waals surface area contributed by atoms with Gasteiger partial charge >= 0.3 is 0 Å². The summed E-state index contributed by atoms with van der Waals surface area (Å²) >= 11 is 17.7. The van der Waals surface area contributed by atoms with Crippen LogP contribution in [0.15, 0.2) is 36.4 Å². The van der Waals surface area contributed by atoms with E-state index < -0.39 is 11.9 Å². The smallest absolute Gasteiger partial charge is 0.129 e. The van der Waals surface area contributed by atoms with Crippen LogP contribution in [0.2, 0.25) is 15.1 Å². The molecular weight excluding hydrogens is 308 g/mol. The molecule has 0 fully saturated rings. The van der Waals surface area contributed by atoms with Crippen LogP contribution in [0.1, 0.15) is 17.2 Å². The Morgan fingerprint density at radius 3 is 2.32 bits per heavy atom. The molecule has 2 N–H and O–H groups in total. The van der Waals surface area contributed by atoms with Crippen molar-refractivity contribution in [3.05, 3.63) is 68.4 Å². The number of nitrogens with two attached hydrogens (primary N) is 1. The Bertz CT molecular complexity index is 601. The van der Waals surface area contributed by atoms with Crippen LogP contribution in [0.3, 0.4) is 0 Å². The second-order valence-electron chi connectivity index (χ2n) is 4.21. The second-order valence-corrected chi connectivity index (χ2v) is 5.49. The average Bonchev–Trinajstić information content (AvgIpc) is 2.33. The van der Waals surface area contributed by atoms with Crippen molar-refractivity contribution in [1.29, 1.82) is 0 Å². The molecule has 2 aromatic rings. The molecule has 5 heteroatoms. The molecule has 0 saturated carbocycles. The predicted molar refractivity (Wildman–Crippen MR) is 78.5 cm³/mol. The van der Waals surface area contributed by atoms with E-state index in [1.54, 1.807) is 30.3 Å². The third kappa shape index (κ3) is 3.61. The Kier molecular flexibility index (Phi) is 4.69. The number of hydrogen-bond acceptors (Lipinski definition) is 1. The fourth-order valence-corrected chi connectivity index (χ4v) is 2.40. The predicted octanol–water partition coefficient (Wildman–Crippen LogP) is 5.03. The van der Waals surface area contributed by atoms with Crippen LogP contribution < -0.4 is 5.73 Å². The first kappa shape index (κ1) is 14.6. The van der Waals surface area contributed by atoms with E-state index in [0.717, 1.165) is 5.56 Å². The molecule has 0 aliphatic rings. The van der Waals surface area contributed by atoms with Crippen molar-refractivity contribution < 1.29 is 4.39 Å². The molecule has 0 aromatic heterocycles. The summed E-state index contributed by atoms with van der Waals surface area (Å²) in [4.78, 5) is 0. The lowest BCUT2D eigenvalue weighted by molar-refractivity contribution is 0.580. The van der Waals surface area contributed by atoms with Gasteiger partial charge < -0.3 is 5.73 Å². The van der Waals surface area contributed by atoms with Crippen molar-refractivity contribution in [3.8, 4) is 0 Å². The van der Waals surface area contributed by atoms with Crippen molar-refractivity contribution in [1.82, 2.24) is 0 Å². The number of halogens is 4. The SMILES string of the molecule is NC(Cc1cc(Cl)ccc1Cl)c1ccc(Cl)cc1F. The fraction of sp³-hybridized carbons (Fsp3) is 0.143. The Morgan fingerprint density at radius 1 is 1.00 bits per heavy atom. The molecule has 1 atom stereocenters. The van der Waals surface area contributed by atoms with Gasteiger partial charge in [-0.15, -0.1) is 0 Å². The summed E-state index contributed by atoms with van der Waals surface area (Å²) < 4.78 is 13.8. The van der Waals surface area contributed by atoms with Gasteiger partial charge in [-0.2, -0.15) is 0 Å². The third-order valence-electron chi connectivity index (χ3n) is 2.81. The quantitative estimate of drug-likeness (QED) is 0.844. The highest BCUT2D eigenvalue weighted by Gasteiger charge is 2.14. The zero-order chi connectivity index (χ0) is 14.0. The second kappa shape index (κ2) is 6.10. The molecule has 2 rings (SSSR count). The van der Waals surface area contributed by atoms with E-state index in [1.807, 2.05) is 0 Å². The molecule has 1 nitrogen and oxygen atoms in total. The van der Waals surface area contributed by atoms with Crippen molar-refractivity contribution in [3.63, 3.8) is 0 Å². The molecule has 100 valence electrons. The van der Waals surface area contributed by atoms with Gasteiger partial charge in [0.1, 0.15) is 5.82 Å². The maximum absolute atomic E-state index is 13.8. The van der Waals surface area contributed by atoms with E-state index in [4.69, 9.17) is 40.5 Å². The summed E-state index contributed by atoms with van der Waals surface area (Å²) in [6.45, 7) is 0. The maximum atomic E-state index is 13.8. The lowest BCUT2D eigenvalue weighted by Gasteiger charge is -2.14. The lowest BCUT2D eigenvalue weighted by atomic mass is 9.99. The summed E-state index contributed by atoms with van der Waals surface area (Å²) in [6.07, 6.45) is 0.401. The van der Waals surface area contributed by atoms with Crippen molar-refractivity contribution in [2.24, 2.45) is 5.73 Å². The van der Waals surface area contributed by atoms with Crippen LogP contribution in [0, 0.1) is 5.82 Å². The van der Waals surface area contributed by atoms with Crippen LogP contribution in [-0.2, 0) is 6.42 Å². The van der Waals surface area contributed by atoms with Crippen LogP contribution in [0.25, 0.3) is 0 Å². The first-order valence-electron chi connectivity index (χ1n) is 5.62. The minimum atomic E-state index is -0.506. The van der Waals surface area contributed by atoms with Gasteiger partial charge in [0.25, 0.3) is 0 Å². The molecule has 0 radical (unpaired) electrons. The van der Waals surface area contributed by atoms with E-state index in [-0.39, 0.29) is 0 Å². The normalized spacial score (nSPS) is 12.5. The fourth-order valence-electron chi connectivity index (χ4n) is 1.85. The zero-order valence-electron chi connectivity index (χ0n) is 9.84. The van der Waals surface area contributed by atoms with Gasteiger partial charge in [-0.1, -0.05) is 40.9 Å². The van der Waals surface area contributed by atoms with Gasteiger partial charge in [-0.3, -0.25) is 0 Å². The average molecular weight is 319 g/mol. The van der Waals surface area contributed by atoms with Gasteiger partial charge in [0.15, 0.2) is 0 Å². The van der Waals surface area contributed by atoms with Crippen molar-refractivity contribution in [2.75, 3.05) is 0 Å². The highest BCUT2D eigenvalue weighted by atomic mass is 35.5. The molecule has 0 saturated heterocycles. The molecular formula is C14H11Cl3FN. The molecule has 0 aliphatic carbocycles. The van der Waals surface area contributed by atoms with Crippen LogP contribution in [0.5, 0.6) is 0 Å². The molecule has 19 heavy (non-hydrogen) atoms. The minimum absolute atomic E-state index is 0.342. The monoisotopic (exact) mass is 317 g/mol. The molecule has 1 unspecified atom stereocenters. The van der Waals surface area contributed by atoms with Gasteiger partial charge in [0, 0.05) is 26.7 Å². The topological polar surface area (TPSA) is 26.0 Å². The van der Waals surface area contributed by atoms with Crippen LogP contribution >= 0.6 is 34.8 Å². The standard InChI is InChI=1S/C14H11Cl3FN/c15-9-2-4-12(17)8(5-9)6-14(19)11-3-1-10(16)7-13(11)18/h1-5,7,14H,6,19H2. The summed E-state index contributed by atoms with van der Waals surface area (Å²) in [7, 11) is 0. The van der Waals surface area contributed by atoms with E-state index in [2.05, 4.69) is 0 Å². The summed E-state index contributed by atoms with van der Waals surface area (Å²) in [5.74, 6) is -0.418. The van der Waals surface area contributed by atoms with Gasteiger partial charge in [-0.25, -0.2) is 4.39 Å².